The zero-order valence-electron chi connectivity index (χ0n) is 8.95. The highest BCUT2D eigenvalue weighted by Gasteiger charge is 2.09. The van der Waals surface area contributed by atoms with Crippen molar-refractivity contribution in [1.29, 1.82) is 0 Å². The van der Waals surface area contributed by atoms with E-state index < -0.39 is 5.97 Å². The van der Waals surface area contributed by atoms with Gasteiger partial charge in [-0.2, -0.15) is 0 Å². The zero-order valence-corrected chi connectivity index (χ0v) is 8.95. The first-order chi connectivity index (χ1) is 7.15. The minimum Gasteiger partial charge on any atom is -0.286 e. The summed E-state index contributed by atoms with van der Waals surface area (Å²) in [6, 6.07) is 7.30. The molecule has 0 aromatic heterocycles. The van der Waals surface area contributed by atoms with E-state index in [-0.39, 0.29) is 0 Å². The molecule has 0 radical (unpaired) electrons. The quantitative estimate of drug-likeness (QED) is 0.431. The number of rotatable bonds is 4. The van der Waals surface area contributed by atoms with Crippen LogP contribution in [0.4, 0.5) is 0 Å². The smallest absolute Gasteiger partial charge is 0.286 e. The molecule has 3 nitrogen and oxygen atoms in total. The molecule has 0 N–H and O–H groups in total. The maximum absolute atomic E-state index is 11.2. The van der Waals surface area contributed by atoms with Crippen LogP contribution < -0.4 is 4.89 Å². The van der Waals surface area contributed by atoms with E-state index in [2.05, 4.69) is 11.5 Å². The standard InChI is InChI=1S/C12H14O3/c1-4-9(2)12(13)15-14-11-8-6-5-7-10(11)3/h5-8H,2,4H2,1,3H3. The lowest BCUT2D eigenvalue weighted by molar-refractivity contribution is -0.208. The molecule has 1 aromatic rings. The molecule has 80 valence electrons. The Morgan fingerprint density at radius 1 is 1.40 bits per heavy atom. The SMILES string of the molecule is C=C(CC)C(=O)OOc1ccccc1C. The first-order valence-corrected chi connectivity index (χ1v) is 4.77. The third kappa shape index (κ3) is 3.13. The summed E-state index contributed by atoms with van der Waals surface area (Å²) < 4.78 is 0. The highest BCUT2D eigenvalue weighted by Crippen LogP contribution is 2.16. The minimum atomic E-state index is -0.527. The van der Waals surface area contributed by atoms with Crippen LogP contribution >= 0.6 is 0 Å². The van der Waals surface area contributed by atoms with Crippen molar-refractivity contribution < 1.29 is 14.6 Å². The van der Waals surface area contributed by atoms with Crippen LogP contribution in [0.1, 0.15) is 18.9 Å². The molecule has 1 aromatic carbocycles. The Morgan fingerprint density at radius 3 is 2.67 bits per heavy atom. The van der Waals surface area contributed by atoms with Gasteiger partial charge in [0.2, 0.25) is 0 Å². The number of carbonyl (C=O) groups is 1. The molecule has 0 bridgehead atoms. The highest BCUT2D eigenvalue weighted by molar-refractivity contribution is 5.87. The third-order valence-electron chi connectivity index (χ3n) is 2.02. The van der Waals surface area contributed by atoms with Crippen molar-refractivity contribution in [2.75, 3.05) is 0 Å². The molecule has 0 amide bonds. The minimum absolute atomic E-state index is 0.392. The third-order valence-corrected chi connectivity index (χ3v) is 2.02. The molecule has 15 heavy (non-hydrogen) atoms. The van der Waals surface area contributed by atoms with Gasteiger partial charge in [-0.05, 0) is 25.0 Å². The van der Waals surface area contributed by atoms with Crippen molar-refractivity contribution in [3.63, 3.8) is 0 Å². The molecule has 0 unspecified atom stereocenters. The van der Waals surface area contributed by atoms with Gasteiger partial charge < -0.3 is 0 Å². The molecule has 0 heterocycles. The van der Waals surface area contributed by atoms with E-state index in [0.717, 1.165) is 5.56 Å². The van der Waals surface area contributed by atoms with Crippen LogP contribution in [0, 0.1) is 6.92 Å². The molecular formula is C12H14O3. The Balaban J connectivity index is 2.54. The van der Waals surface area contributed by atoms with Gasteiger partial charge in [-0.3, -0.25) is 4.89 Å². The van der Waals surface area contributed by atoms with E-state index in [0.29, 0.717) is 17.7 Å². The summed E-state index contributed by atoms with van der Waals surface area (Å²) in [6.07, 6.45) is 0.552. The number of para-hydroxylation sites is 1. The molecule has 0 fully saturated rings. The van der Waals surface area contributed by atoms with Crippen LogP contribution in [0.5, 0.6) is 5.75 Å². The largest absolute Gasteiger partial charge is 0.381 e. The lowest BCUT2D eigenvalue weighted by atomic mass is 10.2. The molecular weight excluding hydrogens is 192 g/mol. The lowest BCUT2D eigenvalue weighted by Crippen LogP contribution is -2.10. The summed E-state index contributed by atoms with van der Waals surface area (Å²) in [5.41, 5.74) is 1.30. The number of hydrogen-bond acceptors (Lipinski definition) is 3. The molecule has 0 atom stereocenters. The fourth-order valence-electron chi connectivity index (χ4n) is 0.936. The summed E-state index contributed by atoms with van der Waals surface area (Å²) in [6.45, 7) is 7.26. The topological polar surface area (TPSA) is 35.5 Å². The summed E-state index contributed by atoms with van der Waals surface area (Å²) in [7, 11) is 0. The number of carbonyl (C=O) groups excluding carboxylic acids is 1. The van der Waals surface area contributed by atoms with Crippen molar-refractivity contribution in [2.24, 2.45) is 0 Å². The maximum atomic E-state index is 11.2. The Kier molecular flexibility index (Phi) is 3.92. The van der Waals surface area contributed by atoms with Gasteiger partial charge in [-0.25, -0.2) is 9.68 Å². The van der Waals surface area contributed by atoms with E-state index in [1.807, 2.05) is 32.0 Å². The van der Waals surface area contributed by atoms with Crippen molar-refractivity contribution >= 4 is 5.97 Å². The molecule has 3 heteroatoms. The fourth-order valence-corrected chi connectivity index (χ4v) is 0.936. The van der Waals surface area contributed by atoms with Gasteiger partial charge >= 0.3 is 5.97 Å². The van der Waals surface area contributed by atoms with E-state index in [4.69, 9.17) is 4.89 Å². The average Bonchev–Trinajstić information content (AvgIpc) is 2.26. The zero-order chi connectivity index (χ0) is 11.3. The van der Waals surface area contributed by atoms with E-state index in [1.165, 1.54) is 0 Å². The van der Waals surface area contributed by atoms with E-state index >= 15 is 0 Å². The van der Waals surface area contributed by atoms with E-state index in [9.17, 15) is 4.79 Å². The second-order valence-corrected chi connectivity index (χ2v) is 3.18. The lowest BCUT2D eigenvalue weighted by Gasteiger charge is -2.06. The van der Waals surface area contributed by atoms with Gasteiger partial charge in [0.25, 0.3) is 0 Å². The van der Waals surface area contributed by atoms with Crippen LogP contribution in [0.3, 0.4) is 0 Å². The van der Waals surface area contributed by atoms with Crippen LogP contribution in [-0.2, 0) is 9.68 Å². The Morgan fingerprint density at radius 2 is 2.07 bits per heavy atom. The second kappa shape index (κ2) is 5.20. The van der Waals surface area contributed by atoms with Crippen LogP contribution in [-0.4, -0.2) is 5.97 Å². The fraction of sp³-hybridized carbons (Fsp3) is 0.250. The van der Waals surface area contributed by atoms with Gasteiger partial charge in [0.05, 0.1) is 0 Å². The summed E-state index contributed by atoms with van der Waals surface area (Å²) in [5, 5.41) is 0. The Labute approximate surface area is 89.2 Å². The van der Waals surface area contributed by atoms with Crippen molar-refractivity contribution in [3.05, 3.63) is 42.0 Å². The van der Waals surface area contributed by atoms with Gasteiger partial charge in [-0.15, -0.1) is 0 Å². The first-order valence-electron chi connectivity index (χ1n) is 4.77. The van der Waals surface area contributed by atoms with Crippen molar-refractivity contribution in [1.82, 2.24) is 0 Å². The molecule has 0 aliphatic carbocycles. The summed E-state index contributed by atoms with van der Waals surface area (Å²) in [5.74, 6) is 0.00973. The normalized spacial score (nSPS) is 9.47. The number of benzene rings is 1. The predicted octanol–water partition coefficient (Wildman–Crippen LogP) is 2.80. The highest BCUT2D eigenvalue weighted by atomic mass is 17.2. The Hall–Kier alpha value is -1.77. The predicted molar refractivity (Wildman–Crippen MR) is 57.3 cm³/mol. The first kappa shape index (κ1) is 11.3. The van der Waals surface area contributed by atoms with Gasteiger partial charge in [0.15, 0.2) is 5.75 Å². The second-order valence-electron chi connectivity index (χ2n) is 3.18. The number of hydrogen-bond donors (Lipinski definition) is 0. The Bertz CT molecular complexity index is 369. The van der Waals surface area contributed by atoms with Gasteiger partial charge in [0, 0.05) is 5.57 Å². The van der Waals surface area contributed by atoms with Crippen molar-refractivity contribution in [2.45, 2.75) is 20.3 Å². The van der Waals surface area contributed by atoms with Crippen LogP contribution in [0.25, 0.3) is 0 Å². The molecule has 0 saturated heterocycles. The summed E-state index contributed by atoms with van der Waals surface area (Å²) in [4.78, 5) is 20.7. The van der Waals surface area contributed by atoms with Gasteiger partial charge in [0.1, 0.15) is 0 Å². The average molecular weight is 206 g/mol. The molecule has 1 rings (SSSR count). The molecule has 0 spiro atoms. The number of aryl methyl sites for hydroxylation is 1. The molecule has 0 aliphatic heterocycles. The van der Waals surface area contributed by atoms with Crippen LogP contribution in [0.15, 0.2) is 36.4 Å². The van der Waals surface area contributed by atoms with E-state index in [1.54, 1.807) is 6.07 Å². The van der Waals surface area contributed by atoms with Gasteiger partial charge in [-0.1, -0.05) is 31.7 Å². The monoisotopic (exact) mass is 206 g/mol. The molecule has 0 saturated carbocycles. The maximum Gasteiger partial charge on any atom is 0.381 e. The van der Waals surface area contributed by atoms with Crippen LogP contribution in [0.2, 0.25) is 0 Å². The molecule has 0 aliphatic rings. The summed E-state index contributed by atoms with van der Waals surface area (Å²) >= 11 is 0. The van der Waals surface area contributed by atoms with Crippen molar-refractivity contribution in [3.8, 4) is 5.75 Å².